The molecule has 2 saturated heterocycles. The number of hydrogen-bond donors (Lipinski definition) is 2. The van der Waals surface area contributed by atoms with Gasteiger partial charge < -0.3 is 15.3 Å². The van der Waals surface area contributed by atoms with E-state index in [-0.39, 0.29) is 17.2 Å². The number of carbonyl (C=O) groups is 3. The number of thioether (sulfide) groups is 2. The highest BCUT2D eigenvalue weighted by atomic mass is 32.2. The highest BCUT2D eigenvalue weighted by Gasteiger charge is 2.72. The summed E-state index contributed by atoms with van der Waals surface area (Å²) in [7, 11) is 0. The first kappa shape index (κ1) is 15.5. The van der Waals surface area contributed by atoms with Crippen molar-refractivity contribution in [2.75, 3.05) is 6.26 Å². The molecular weight excluding hydrogens is 300 g/mol. The molecule has 0 unspecified atom stereocenters. The number of aliphatic carboxylic acids is 1. The normalized spacial score (nSPS) is 34.4. The molecule has 2 aliphatic heterocycles. The Balaban J connectivity index is 2.32. The molecule has 8 heteroatoms. The number of rotatable bonds is 4. The van der Waals surface area contributed by atoms with E-state index in [1.807, 2.05) is 13.8 Å². The van der Waals surface area contributed by atoms with Crippen LogP contribution in [0.3, 0.4) is 0 Å². The minimum atomic E-state index is -1.28. The summed E-state index contributed by atoms with van der Waals surface area (Å²) in [6.45, 7) is 5.37. The van der Waals surface area contributed by atoms with Crippen LogP contribution >= 0.6 is 23.5 Å². The van der Waals surface area contributed by atoms with E-state index < -0.39 is 21.6 Å². The van der Waals surface area contributed by atoms with Crippen LogP contribution in [-0.2, 0) is 14.4 Å². The maximum absolute atomic E-state index is 12.3. The van der Waals surface area contributed by atoms with Gasteiger partial charge in [-0.3, -0.25) is 9.59 Å². The van der Waals surface area contributed by atoms with Gasteiger partial charge in [-0.15, -0.1) is 23.5 Å². The van der Waals surface area contributed by atoms with Crippen LogP contribution in [0.2, 0.25) is 0 Å². The minimum absolute atomic E-state index is 0.196. The Morgan fingerprint density at radius 2 is 2.10 bits per heavy atom. The topological polar surface area (TPSA) is 86.7 Å². The Morgan fingerprint density at radius 3 is 2.55 bits per heavy atom. The fraction of sp³-hybridized carbons (Fsp3) is 0.750. The van der Waals surface area contributed by atoms with Crippen LogP contribution in [0, 0.1) is 0 Å². The molecule has 2 amide bonds. The van der Waals surface area contributed by atoms with Crippen LogP contribution in [0.15, 0.2) is 0 Å². The van der Waals surface area contributed by atoms with Gasteiger partial charge in [-0.2, -0.15) is 0 Å². The summed E-state index contributed by atoms with van der Waals surface area (Å²) in [5.74, 6) is -1.52. The van der Waals surface area contributed by atoms with Crippen LogP contribution in [0.1, 0.15) is 27.2 Å². The average Bonchev–Trinajstić information content (AvgIpc) is 2.61. The SMILES string of the molecule is CCC(=O)N[C@H]1C(=O)N2[C@@H]1SC(C)(C)[C@]2(SC)C(=O)O. The van der Waals surface area contributed by atoms with Crippen LogP contribution < -0.4 is 5.32 Å². The molecule has 0 aromatic carbocycles. The molecule has 2 heterocycles. The van der Waals surface area contributed by atoms with Crippen molar-refractivity contribution in [1.82, 2.24) is 10.2 Å². The van der Waals surface area contributed by atoms with Crippen molar-refractivity contribution in [2.45, 2.75) is 48.2 Å². The second-order valence-electron chi connectivity index (χ2n) is 5.28. The predicted molar refractivity (Wildman–Crippen MR) is 78.4 cm³/mol. The maximum Gasteiger partial charge on any atom is 0.341 e. The van der Waals surface area contributed by atoms with Gasteiger partial charge in [-0.25, -0.2) is 4.79 Å². The third-order valence-corrected chi connectivity index (χ3v) is 7.05. The Labute approximate surface area is 126 Å². The molecule has 0 radical (unpaired) electrons. The summed E-state index contributed by atoms with van der Waals surface area (Å²) in [4.78, 5) is 35.6. The Morgan fingerprint density at radius 1 is 1.50 bits per heavy atom. The first-order valence-corrected chi connectivity index (χ1v) is 8.42. The molecular formula is C12H18N2O4S2. The van der Waals surface area contributed by atoms with Gasteiger partial charge >= 0.3 is 5.97 Å². The molecule has 0 bridgehead atoms. The zero-order valence-corrected chi connectivity index (χ0v) is 13.4. The first-order valence-electron chi connectivity index (χ1n) is 6.31. The summed E-state index contributed by atoms with van der Waals surface area (Å²) < 4.78 is -0.635. The van der Waals surface area contributed by atoms with E-state index in [9.17, 15) is 19.5 Å². The standard InChI is InChI=1S/C12H18N2O4S2/c1-5-6(15)13-7-8(16)14-9(7)20-11(2,3)12(14,19-4)10(17)18/h7,9H,5H2,1-4H3,(H,13,15)(H,17,18)/t7-,9+,12+/m0/s1. The zero-order chi connectivity index (χ0) is 15.3. The largest absolute Gasteiger partial charge is 0.479 e. The third kappa shape index (κ3) is 1.77. The van der Waals surface area contributed by atoms with Gasteiger partial charge in [-0.05, 0) is 20.1 Å². The average molecular weight is 318 g/mol. The first-order chi connectivity index (χ1) is 9.22. The van der Waals surface area contributed by atoms with Gasteiger partial charge in [-0.1, -0.05) is 6.92 Å². The van der Waals surface area contributed by atoms with E-state index in [0.717, 1.165) is 11.8 Å². The molecule has 0 spiro atoms. The monoisotopic (exact) mass is 318 g/mol. The Hall–Kier alpha value is -0.890. The van der Waals surface area contributed by atoms with Crippen molar-refractivity contribution in [3.63, 3.8) is 0 Å². The van der Waals surface area contributed by atoms with Crippen molar-refractivity contribution in [3.8, 4) is 0 Å². The predicted octanol–water partition coefficient (Wildman–Crippen LogP) is 0.719. The molecule has 2 rings (SSSR count). The molecule has 0 aliphatic carbocycles. The van der Waals surface area contributed by atoms with E-state index >= 15 is 0 Å². The van der Waals surface area contributed by atoms with Gasteiger partial charge in [0.15, 0.2) is 0 Å². The number of carboxylic acid groups (broad SMARTS) is 1. The fourth-order valence-electron chi connectivity index (χ4n) is 2.79. The molecule has 20 heavy (non-hydrogen) atoms. The van der Waals surface area contributed by atoms with Crippen molar-refractivity contribution in [1.29, 1.82) is 0 Å². The smallest absolute Gasteiger partial charge is 0.341 e. The minimum Gasteiger partial charge on any atom is -0.479 e. The van der Waals surface area contributed by atoms with Crippen molar-refractivity contribution < 1.29 is 19.5 Å². The van der Waals surface area contributed by atoms with Crippen LogP contribution in [0.25, 0.3) is 0 Å². The summed E-state index contributed by atoms with van der Waals surface area (Å²) in [5, 5.41) is 12.0. The lowest BCUT2D eigenvalue weighted by molar-refractivity contribution is -0.163. The van der Waals surface area contributed by atoms with Crippen LogP contribution in [-0.4, -0.2) is 55.1 Å². The van der Waals surface area contributed by atoms with Crippen molar-refractivity contribution in [3.05, 3.63) is 0 Å². The van der Waals surface area contributed by atoms with Gasteiger partial charge in [0.1, 0.15) is 11.4 Å². The van der Waals surface area contributed by atoms with E-state index in [1.165, 1.54) is 16.7 Å². The second kappa shape index (κ2) is 4.84. The molecule has 112 valence electrons. The lowest BCUT2D eigenvalue weighted by Gasteiger charge is -2.48. The maximum atomic E-state index is 12.3. The summed E-state index contributed by atoms with van der Waals surface area (Å²) in [6.07, 6.45) is 2.00. The van der Waals surface area contributed by atoms with Crippen LogP contribution in [0.4, 0.5) is 0 Å². The van der Waals surface area contributed by atoms with E-state index in [4.69, 9.17) is 0 Å². The molecule has 2 fully saturated rings. The van der Waals surface area contributed by atoms with Crippen molar-refractivity contribution in [2.24, 2.45) is 0 Å². The van der Waals surface area contributed by atoms with Gasteiger partial charge in [0.05, 0.1) is 4.75 Å². The molecule has 0 aromatic heterocycles. The van der Waals surface area contributed by atoms with E-state index in [2.05, 4.69) is 5.32 Å². The quantitative estimate of drug-likeness (QED) is 0.743. The summed E-state index contributed by atoms with van der Waals surface area (Å²) in [6, 6.07) is -0.611. The summed E-state index contributed by atoms with van der Waals surface area (Å²) in [5.41, 5.74) is 0. The molecule has 3 atom stereocenters. The lowest BCUT2D eigenvalue weighted by Crippen LogP contribution is -2.74. The summed E-state index contributed by atoms with van der Waals surface area (Å²) >= 11 is 2.59. The van der Waals surface area contributed by atoms with E-state index in [1.54, 1.807) is 13.2 Å². The highest BCUT2D eigenvalue weighted by molar-refractivity contribution is 8.06. The highest BCUT2D eigenvalue weighted by Crippen LogP contribution is 2.60. The van der Waals surface area contributed by atoms with Gasteiger partial charge in [0.25, 0.3) is 5.91 Å². The fourth-order valence-corrected chi connectivity index (χ4v) is 5.96. The lowest BCUT2D eigenvalue weighted by atomic mass is 9.95. The van der Waals surface area contributed by atoms with Crippen molar-refractivity contribution >= 4 is 41.3 Å². The van der Waals surface area contributed by atoms with Gasteiger partial charge in [0.2, 0.25) is 10.8 Å². The molecule has 2 aliphatic rings. The zero-order valence-electron chi connectivity index (χ0n) is 11.8. The number of fused-ring (bicyclic) bond motifs is 1. The number of amides is 2. The van der Waals surface area contributed by atoms with Gasteiger partial charge in [0, 0.05) is 6.42 Å². The number of nitrogens with one attached hydrogen (secondary N) is 1. The second-order valence-corrected chi connectivity index (χ2v) is 8.02. The molecule has 0 saturated carbocycles. The number of β-lactam (4-membered cyclic amide) rings is 1. The number of carbonyl (C=O) groups excluding carboxylic acids is 2. The van der Waals surface area contributed by atoms with Crippen LogP contribution in [0.5, 0.6) is 0 Å². The molecule has 2 N–H and O–H groups in total. The number of nitrogens with zero attached hydrogens (tertiary/aromatic N) is 1. The third-order valence-electron chi connectivity index (χ3n) is 3.84. The van der Waals surface area contributed by atoms with E-state index in [0.29, 0.717) is 6.42 Å². The number of carboxylic acids is 1. The molecule has 0 aromatic rings. The Bertz CT molecular complexity index is 482. The molecule has 6 nitrogen and oxygen atoms in total. The Kier molecular flexibility index (Phi) is 3.75. The number of hydrogen-bond acceptors (Lipinski definition) is 5.